The van der Waals surface area contributed by atoms with Crippen molar-refractivity contribution in [2.45, 2.75) is 6.92 Å². The largest absolute Gasteiger partial charge is 0.370 e. The van der Waals surface area contributed by atoms with Crippen LogP contribution in [0.15, 0.2) is 22.7 Å². The van der Waals surface area contributed by atoms with E-state index in [-0.39, 0.29) is 5.96 Å². The molecule has 0 aliphatic carbocycles. The molecule has 0 radical (unpaired) electrons. The number of hydrogen-bond donors (Lipinski definition) is 3. The third-order valence-corrected chi connectivity index (χ3v) is 2.65. The zero-order valence-electron chi connectivity index (χ0n) is 9.04. The van der Waals surface area contributed by atoms with E-state index in [0.29, 0.717) is 5.69 Å². The van der Waals surface area contributed by atoms with Gasteiger partial charge in [-0.1, -0.05) is 6.07 Å². The molecule has 2 amide bonds. The van der Waals surface area contributed by atoms with Gasteiger partial charge in [0.1, 0.15) is 0 Å². The Balaban J connectivity index is 2.91. The maximum atomic E-state index is 11.6. The molecular weight excluding hydrogens is 272 g/mol. The van der Waals surface area contributed by atoms with Gasteiger partial charge in [-0.3, -0.25) is 15.6 Å². The molecule has 1 rings (SSSR count). The number of halogens is 1. The first-order valence-electron chi connectivity index (χ1n) is 4.56. The Hall–Kier alpha value is -1.56. The normalized spacial score (nSPS) is 9.69. The standard InChI is InChI=1S/C10H13BrN4O/c1-6-3-4-8(7(11)5-6)15(2)10(16)14-9(12)13/h3-5H,1-2H3,(H4,12,13,14,16). The Morgan fingerprint density at radius 1 is 1.56 bits per heavy atom. The highest BCUT2D eigenvalue weighted by molar-refractivity contribution is 9.10. The fourth-order valence-corrected chi connectivity index (χ4v) is 1.95. The van der Waals surface area contributed by atoms with Gasteiger partial charge < -0.3 is 5.73 Å². The summed E-state index contributed by atoms with van der Waals surface area (Å²) < 4.78 is 0.814. The highest BCUT2D eigenvalue weighted by Gasteiger charge is 2.13. The third-order valence-electron chi connectivity index (χ3n) is 2.01. The van der Waals surface area contributed by atoms with Crippen molar-refractivity contribution in [3.63, 3.8) is 0 Å². The molecule has 0 atom stereocenters. The number of nitrogens with one attached hydrogen (secondary N) is 2. The number of amides is 2. The second-order valence-electron chi connectivity index (χ2n) is 3.36. The van der Waals surface area contributed by atoms with Crippen LogP contribution in [0.25, 0.3) is 0 Å². The second kappa shape index (κ2) is 4.98. The summed E-state index contributed by atoms with van der Waals surface area (Å²) >= 11 is 3.38. The molecule has 16 heavy (non-hydrogen) atoms. The lowest BCUT2D eigenvalue weighted by Gasteiger charge is -2.19. The number of guanidine groups is 1. The molecular formula is C10H13BrN4O. The van der Waals surface area contributed by atoms with E-state index in [9.17, 15) is 4.79 Å². The molecule has 0 aliphatic rings. The van der Waals surface area contributed by atoms with Crippen LogP contribution in [0.4, 0.5) is 10.5 Å². The Labute approximate surface area is 102 Å². The monoisotopic (exact) mass is 284 g/mol. The van der Waals surface area contributed by atoms with Crippen LogP contribution in [-0.2, 0) is 0 Å². The third kappa shape index (κ3) is 2.96. The molecule has 0 unspecified atom stereocenters. The Bertz CT molecular complexity index is 433. The maximum absolute atomic E-state index is 11.6. The second-order valence-corrected chi connectivity index (χ2v) is 4.21. The Morgan fingerprint density at radius 2 is 2.19 bits per heavy atom. The molecule has 0 aromatic heterocycles. The molecule has 0 saturated heterocycles. The molecule has 0 spiro atoms. The SMILES string of the molecule is Cc1ccc(N(C)C(=O)NC(=N)N)c(Br)c1. The van der Waals surface area contributed by atoms with E-state index < -0.39 is 6.03 Å². The van der Waals surface area contributed by atoms with Gasteiger partial charge in [-0.25, -0.2) is 4.79 Å². The quantitative estimate of drug-likeness (QED) is 0.543. The molecule has 0 heterocycles. The van der Waals surface area contributed by atoms with Gasteiger partial charge >= 0.3 is 6.03 Å². The molecule has 0 saturated carbocycles. The Kier molecular flexibility index (Phi) is 3.89. The zero-order valence-corrected chi connectivity index (χ0v) is 10.6. The number of urea groups is 1. The summed E-state index contributed by atoms with van der Waals surface area (Å²) in [5.41, 5.74) is 6.89. The van der Waals surface area contributed by atoms with Crippen molar-refractivity contribution >= 4 is 33.6 Å². The molecule has 1 aromatic carbocycles. The van der Waals surface area contributed by atoms with Crippen LogP contribution in [-0.4, -0.2) is 19.0 Å². The first-order valence-corrected chi connectivity index (χ1v) is 5.36. The summed E-state index contributed by atoms with van der Waals surface area (Å²) in [7, 11) is 1.60. The van der Waals surface area contributed by atoms with Crippen LogP contribution in [0.1, 0.15) is 5.56 Å². The maximum Gasteiger partial charge on any atom is 0.328 e. The van der Waals surface area contributed by atoms with Crippen LogP contribution in [0.3, 0.4) is 0 Å². The number of benzene rings is 1. The number of aryl methyl sites for hydroxylation is 1. The van der Waals surface area contributed by atoms with E-state index in [4.69, 9.17) is 11.1 Å². The number of nitrogens with zero attached hydrogens (tertiary/aromatic N) is 1. The lowest BCUT2D eigenvalue weighted by molar-refractivity contribution is 0.251. The molecule has 86 valence electrons. The summed E-state index contributed by atoms with van der Waals surface area (Å²) in [6.07, 6.45) is 0. The van der Waals surface area contributed by atoms with Gasteiger partial charge in [0.25, 0.3) is 0 Å². The number of carbonyl (C=O) groups excluding carboxylic acids is 1. The smallest absolute Gasteiger partial charge is 0.328 e. The van der Waals surface area contributed by atoms with Crippen molar-refractivity contribution in [3.8, 4) is 0 Å². The average molecular weight is 285 g/mol. The van der Waals surface area contributed by atoms with E-state index in [2.05, 4.69) is 21.2 Å². The summed E-state index contributed by atoms with van der Waals surface area (Å²) in [5, 5.41) is 9.19. The van der Waals surface area contributed by atoms with Crippen LogP contribution >= 0.6 is 15.9 Å². The van der Waals surface area contributed by atoms with Crippen LogP contribution < -0.4 is 16.0 Å². The predicted octanol–water partition coefficient (Wildman–Crippen LogP) is 1.80. The van der Waals surface area contributed by atoms with E-state index in [0.717, 1.165) is 10.0 Å². The summed E-state index contributed by atoms with van der Waals surface area (Å²) in [6.45, 7) is 1.96. The molecule has 6 heteroatoms. The van der Waals surface area contributed by atoms with Gasteiger partial charge in [0, 0.05) is 11.5 Å². The van der Waals surface area contributed by atoms with Crippen LogP contribution in [0, 0.1) is 12.3 Å². The minimum Gasteiger partial charge on any atom is -0.370 e. The van der Waals surface area contributed by atoms with E-state index >= 15 is 0 Å². The van der Waals surface area contributed by atoms with Crippen molar-refractivity contribution in [3.05, 3.63) is 28.2 Å². The zero-order chi connectivity index (χ0) is 12.3. The van der Waals surface area contributed by atoms with Crippen molar-refractivity contribution < 1.29 is 4.79 Å². The first-order chi connectivity index (χ1) is 7.41. The average Bonchev–Trinajstić information content (AvgIpc) is 2.15. The summed E-state index contributed by atoms with van der Waals surface area (Å²) in [6, 6.07) is 5.18. The molecule has 0 fully saturated rings. The number of carbonyl (C=O) groups is 1. The van der Waals surface area contributed by atoms with E-state index in [1.165, 1.54) is 4.90 Å². The highest BCUT2D eigenvalue weighted by Crippen LogP contribution is 2.26. The van der Waals surface area contributed by atoms with Gasteiger partial charge in [-0.15, -0.1) is 0 Å². The minimum atomic E-state index is -0.447. The van der Waals surface area contributed by atoms with Gasteiger partial charge in [-0.05, 0) is 40.5 Å². The molecule has 1 aromatic rings. The minimum absolute atomic E-state index is 0.375. The summed E-state index contributed by atoms with van der Waals surface area (Å²) in [5.74, 6) is -0.375. The molecule has 0 bridgehead atoms. The lowest BCUT2D eigenvalue weighted by atomic mass is 10.2. The van der Waals surface area contributed by atoms with E-state index in [1.54, 1.807) is 7.05 Å². The number of hydrogen-bond acceptors (Lipinski definition) is 2. The lowest BCUT2D eigenvalue weighted by Crippen LogP contribution is -2.43. The number of nitrogens with two attached hydrogens (primary N) is 1. The molecule has 0 aliphatic heterocycles. The van der Waals surface area contributed by atoms with Gasteiger partial charge in [-0.2, -0.15) is 0 Å². The molecule has 5 nitrogen and oxygen atoms in total. The number of rotatable bonds is 1. The van der Waals surface area contributed by atoms with Crippen molar-refractivity contribution in [2.75, 3.05) is 11.9 Å². The topological polar surface area (TPSA) is 82.2 Å². The molecule has 4 N–H and O–H groups in total. The first kappa shape index (κ1) is 12.5. The van der Waals surface area contributed by atoms with Gasteiger partial charge in [0.15, 0.2) is 5.96 Å². The van der Waals surface area contributed by atoms with Crippen molar-refractivity contribution in [1.82, 2.24) is 5.32 Å². The van der Waals surface area contributed by atoms with Gasteiger partial charge in [0.05, 0.1) is 5.69 Å². The number of anilines is 1. The summed E-state index contributed by atoms with van der Waals surface area (Å²) in [4.78, 5) is 12.9. The Morgan fingerprint density at radius 3 is 2.69 bits per heavy atom. The van der Waals surface area contributed by atoms with Crippen LogP contribution in [0.5, 0.6) is 0 Å². The van der Waals surface area contributed by atoms with Gasteiger partial charge in [0.2, 0.25) is 0 Å². The predicted molar refractivity (Wildman–Crippen MR) is 67.7 cm³/mol. The highest BCUT2D eigenvalue weighted by atomic mass is 79.9. The van der Waals surface area contributed by atoms with Crippen LogP contribution in [0.2, 0.25) is 0 Å². The van der Waals surface area contributed by atoms with Crippen molar-refractivity contribution in [1.29, 1.82) is 5.41 Å². The fraction of sp³-hybridized carbons (Fsp3) is 0.200. The van der Waals surface area contributed by atoms with E-state index in [1.807, 2.05) is 25.1 Å². The van der Waals surface area contributed by atoms with Crippen molar-refractivity contribution in [2.24, 2.45) is 5.73 Å². The fourth-order valence-electron chi connectivity index (χ4n) is 1.19.